The number of hydrogen-bond donors (Lipinski definition) is 2. The molecule has 16 heavy (non-hydrogen) atoms. The quantitative estimate of drug-likeness (QED) is 0.729. The first-order valence-corrected chi connectivity index (χ1v) is 5.47. The standard InChI is InChI=1S/C12H19NO3/c1-2-15-11-5-3-10(4-6-11)12(9-13)16-8-7-14/h3-6,12,14H,2,7-9,13H2,1H3. The number of nitrogens with two attached hydrogens (primary N) is 1. The van der Waals surface area contributed by atoms with Crippen LogP contribution in [-0.4, -0.2) is 31.5 Å². The second-order valence-electron chi connectivity index (χ2n) is 3.32. The van der Waals surface area contributed by atoms with Crippen molar-refractivity contribution in [3.8, 4) is 5.75 Å². The Hall–Kier alpha value is -1.10. The molecule has 1 aromatic rings. The maximum absolute atomic E-state index is 8.69. The average molecular weight is 225 g/mol. The molecule has 1 unspecified atom stereocenters. The zero-order chi connectivity index (χ0) is 11.8. The lowest BCUT2D eigenvalue weighted by atomic mass is 10.1. The van der Waals surface area contributed by atoms with Crippen LogP contribution in [0.25, 0.3) is 0 Å². The molecule has 0 fully saturated rings. The molecule has 0 spiro atoms. The SMILES string of the molecule is CCOc1ccc(C(CN)OCCO)cc1. The molecule has 3 N–H and O–H groups in total. The Kier molecular flexibility index (Phi) is 5.85. The second kappa shape index (κ2) is 7.22. The van der Waals surface area contributed by atoms with E-state index >= 15 is 0 Å². The first-order chi connectivity index (χ1) is 7.81. The van der Waals surface area contributed by atoms with Gasteiger partial charge in [-0.2, -0.15) is 0 Å². The maximum Gasteiger partial charge on any atom is 0.119 e. The van der Waals surface area contributed by atoms with Crippen LogP contribution in [0.1, 0.15) is 18.6 Å². The van der Waals surface area contributed by atoms with Crippen LogP contribution in [0.3, 0.4) is 0 Å². The van der Waals surface area contributed by atoms with Crippen molar-refractivity contribution in [3.63, 3.8) is 0 Å². The van der Waals surface area contributed by atoms with E-state index in [4.69, 9.17) is 20.3 Å². The van der Waals surface area contributed by atoms with Crippen LogP contribution in [-0.2, 0) is 4.74 Å². The van der Waals surface area contributed by atoms with Crippen molar-refractivity contribution >= 4 is 0 Å². The molecule has 1 aromatic carbocycles. The van der Waals surface area contributed by atoms with E-state index in [2.05, 4.69) is 0 Å². The van der Waals surface area contributed by atoms with Gasteiger partial charge in [0.25, 0.3) is 0 Å². The summed E-state index contributed by atoms with van der Waals surface area (Å²) in [5, 5.41) is 8.69. The van der Waals surface area contributed by atoms with Crippen molar-refractivity contribution in [1.82, 2.24) is 0 Å². The first kappa shape index (κ1) is 13.0. The molecule has 4 heteroatoms. The highest BCUT2D eigenvalue weighted by molar-refractivity contribution is 5.28. The van der Waals surface area contributed by atoms with Gasteiger partial charge in [0, 0.05) is 6.54 Å². The van der Waals surface area contributed by atoms with Crippen molar-refractivity contribution in [2.24, 2.45) is 5.73 Å². The number of rotatable bonds is 7. The normalized spacial score (nSPS) is 12.4. The monoisotopic (exact) mass is 225 g/mol. The predicted molar refractivity (Wildman–Crippen MR) is 62.4 cm³/mol. The third kappa shape index (κ3) is 3.81. The number of aliphatic hydroxyl groups excluding tert-OH is 1. The summed E-state index contributed by atoms with van der Waals surface area (Å²) < 4.78 is 10.8. The molecule has 0 amide bonds. The number of aliphatic hydroxyl groups is 1. The zero-order valence-corrected chi connectivity index (χ0v) is 9.56. The van der Waals surface area contributed by atoms with E-state index in [1.165, 1.54) is 0 Å². The van der Waals surface area contributed by atoms with Crippen molar-refractivity contribution < 1.29 is 14.6 Å². The van der Waals surface area contributed by atoms with E-state index in [0.29, 0.717) is 19.8 Å². The molecular weight excluding hydrogens is 206 g/mol. The van der Waals surface area contributed by atoms with Crippen LogP contribution in [0.4, 0.5) is 0 Å². The van der Waals surface area contributed by atoms with Crippen LogP contribution in [0.2, 0.25) is 0 Å². The summed E-state index contributed by atoms with van der Waals surface area (Å²) in [6, 6.07) is 7.65. The lowest BCUT2D eigenvalue weighted by molar-refractivity contribution is 0.0328. The minimum Gasteiger partial charge on any atom is -0.494 e. The van der Waals surface area contributed by atoms with Gasteiger partial charge in [0.15, 0.2) is 0 Å². The molecule has 0 aliphatic carbocycles. The molecule has 0 radical (unpaired) electrons. The zero-order valence-electron chi connectivity index (χ0n) is 9.56. The molecule has 0 saturated heterocycles. The maximum atomic E-state index is 8.69. The molecule has 0 saturated carbocycles. The Balaban J connectivity index is 2.62. The Morgan fingerprint density at radius 1 is 1.31 bits per heavy atom. The third-order valence-corrected chi connectivity index (χ3v) is 2.19. The van der Waals surface area contributed by atoms with Crippen LogP contribution in [0.15, 0.2) is 24.3 Å². The number of benzene rings is 1. The van der Waals surface area contributed by atoms with Crippen molar-refractivity contribution in [2.45, 2.75) is 13.0 Å². The first-order valence-electron chi connectivity index (χ1n) is 5.47. The van der Waals surface area contributed by atoms with Crippen LogP contribution in [0.5, 0.6) is 5.75 Å². The third-order valence-electron chi connectivity index (χ3n) is 2.19. The minimum absolute atomic E-state index is 0.00747. The van der Waals surface area contributed by atoms with Crippen LogP contribution >= 0.6 is 0 Å². The van der Waals surface area contributed by atoms with Crippen molar-refractivity contribution in [1.29, 1.82) is 0 Å². The summed E-state index contributed by atoms with van der Waals surface area (Å²) in [4.78, 5) is 0. The van der Waals surface area contributed by atoms with Gasteiger partial charge in [0.05, 0.1) is 25.9 Å². The van der Waals surface area contributed by atoms with Gasteiger partial charge in [-0.1, -0.05) is 12.1 Å². The second-order valence-corrected chi connectivity index (χ2v) is 3.32. The van der Waals surface area contributed by atoms with Gasteiger partial charge in [-0.3, -0.25) is 0 Å². The largest absolute Gasteiger partial charge is 0.494 e. The molecule has 0 aliphatic heterocycles. The average Bonchev–Trinajstić information content (AvgIpc) is 2.32. The van der Waals surface area contributed by atoms with E-state index in [-0.39, 0.29) is 12.7 Å². The highest BCUT2D eigenvalue weighted by Crippen LogP contribution is 2.19. The molecule has 0 bridgehead atoms. The van der Waals surface area contributed by atoms with Gasteiger partial charge >= 0.3 is 0 Å². The molecule has 0 aliphatic rings. The molecule has 90 valence electrons. The lowest BCUT2D eigenvalue weighted by Crippen LogP contribution is -2.17. The lowest BCUT2D eigenvalue weighted by Gasteiger charge is -2.16. The van der Waals surface area contributed by atoms with Gasteiger partial charge in [-0.25, -0.2) is 0 Å². The summed E-state index contributed by atoms with van der Waals surface area (Å²) in [6.07, 6.45) is -0.164. The molecular formula is C12H19NO3. The molecule has 0 aromatic heterocycles. The summed E-state index contributed by atoms with van der Waals surface area (Å²) in [5.74, 6) is 0.837. The predicted octanol–water partition coefficient (Wildman–Crippen LogP) is 1.09. The van der Waals surface area contributed by atoms with Crippen molar-refractivity contribution in [3.05, 3.63) is 29.8 Å². The van der Waals surface area contributed by atoms with E-state index in [1.807, 2.05) is 31.2 Å². The summed E-state index contributed by atoms with van der Waals surface area (Å²) in [6.45, 7) is 3.30. The fraction of sp³-hybridized carbons (Fsp3) is 0.500. The Morgan fingerprint density at radius 2 is 2.00 bits per heavy atom. The Labute approximate surface area is 96.0 Å². The fourth-order valence-corrected chi connectivity index (χ4v) is 1.44. The fourth-order valence-electron chi connectivity index (χ4n) is 1.44. The number of ether oxygens (including phenoxy) is 2. The van der Waals surface area contributed by atoms with Crippen LogP contribution < -0.4 is 10.5 Å². The van der Waals surface area contributed by atoms with E-state index in [9.17, 15) is 0 Å². The van der Waals surface area contributed by atoms with Crippen LogP contribution in [0, 0.1) is 0 Å². The van der Waals surface area contributed by atoms with Gasteiger partial charge < -0.3 is 20.3 Å². The van der Waals surface area contributed by atoms with Gasteiger partial charge in [-0.15, -0.1) is 0 Å². The number of hydrogen-bond acceptors (Lipinski definition) is 4. The summed E-state index contributed by atoms with van der Waals surface area (Å²) in [5.41, 5.74) is 6.60. The van der Waals surface area contributed by atoms with Gasteiger partial charge in [0.1, 0.15) is 5.75 Å². The van der Waals surface area contributed by atoms with Gasteiger partial charge in [0.2, 0.25) is 0 Å². The molecule has 4 nitrogen and oxygen atoms in total. The van der Waals surface area contributed by atoms with Crippen molar-refractivity contribution in [2.75, 3.05) is 26.4 Å². The molecule has 1 rings (SSSR count). The summed E-state index contributed by atoms with van der Waals surface area (Å²) in [7, 11) is 0. The van der Waals surface area contributed by atoms with E-state index in [0.717, 1.165) is 11.3 Å². The highest BCUT2D eigenvalue weighted by Gasteiger charge is 2.09. The molecule has 1 atom stereocenters. The highest BCUT2D eigenvalue weighted by atomic mass is 16.5. The van der Waals surface area contributed by atoms with E-state index in [1.54, 1.807) is 0 Å². The Bertz CT molecular complexity index is 287. The minimum atomic E-state index is -0.164. The summed E-state index contributed by atoms with van der Waals surface area (Å²) >= 11 is 0. The Morgan fingerprint density at radius 3 is 2.50 bits per heavy atom. The smallest absolute Gasteiger partial charge is 0.119 e. The van der Waals surface area contributed by atoms with E-state index < -0.39 is 0 Å². The van der Waals surface area contributed by atoms with Gasteiger partial charge in [-0.05, 0) is 24.6 Å². The molecule has 0 heterocycles. The topological polar surface area (TPSA) is 64.7 Å².